The van der Waals surface area contributed by atoms with Gasteiger partial charge in [0.25, 0.3) is 0 Å². The van der Waals surface area contributed by atoms with Crippen molar-refractivity contribution in [3.63, 3.8) is 0 Å². The smallest absolute Gasteiger partial charge is 0.129 e. The third-order valence-corrected chi connectivity index (χ3v) is 2.49. The number of hydrogen-bond donors (Lipinski definition) is 2. The van der Waals surface area contributed by atoms with Gasteiger partial charge in [0.05, 0.1) is 12.2 Å². The number of nitrogens with two attached hydrogens (primary N) is 1. The summed E-state index contributed by atoms with van der Waals surface area (Å²) in [4.78, 5) is 0. The molecule has 0 saturated carbocycles. The Kier molecular flexibility index (Phi) is 4.26. The molecule has 16 heavy (non-hydrogen) atoms. The minimum Gasteiger partial charge on any atom is -0.493 e. The summed E-state index contributed by atoms with van der Waals surface area (Å²) in [6, 6.07) is 4.70. The Morgan fingerprint density at radius 3 is 2.75 bits per heavy atom. The molecule has 3 N–H and O–H groups in total. The monoisotopic (exact) mass is 227 g/mol. The number of aliphatic hydroxyl groups is 1. The molecule has 0 spiro atoms. The molecule has 1 rings (SSSR count). The van der Waals surface area contributed by atoms with Crippen LogP contribution in [-0.4, -0.2) is 23.9 Å². The van der Waals surface area contributed by atoms with Gasteiger partial charge in [0.2, 0.25) is 0 Å². The van der Waals surface area contributed by atoms with E-state index in [0.717, 1.165) is 0 Å². The molecule has 0 aliphatic rings. The van der Waals surface area contributed by atoms with E-state index < -0.39 is 5.60 Å². The van der Waals surface area contributed by atoms with Crippen molar-refractivity contribution in [2.24, 2.45) is 5.73 Å². The molecule has 1 atom stereocenters. The zero-order valence-electron chi connectivity index (χ0n) is 9.66. The predicted molar refractivity (Wildman–Crippen MR) is 60.9 cm³/mol. The zero-order chi connectivity index (χ0) is 12.2. The summed E-state index contributed by atoms with van der Waals surface area (Å²) >= 11 is 0. The first-order valence-corrected chi connectivity index (χ1v) is 5.26. The fourth-order valence-corrected chi connectivity index (χ4v) is 1.15. The topological polar surface area (TPSA) is 55.5 Å². The number of rotatable bonds is 5. The largest absolute Gasteiger partial charge is 0.493 e. The average molecular weight is 227 g/mol. The van der Waals surface area contributed by atoms with E-state index in [9.17, 15) is 9.50 Å². The maximum Gasteiger partial charge on any atom is 0.129 e. The summed E-state index contributed by atoms with van der Waals surface area (Å²) in [5.41, 5.74) is 5.02. The molecule has 0 aromatic heterocycles. The van der Waals surface area contributed by atoms with Gasteiger partial charge in [-0.05, 0) is 25.5 Å². The van der Waals surface area contributed by atoms with Gasteiger partial charge in [-0.2, -0.15) is 0 Å². The van der Waals surface area contributed by atoms with Crippen molar-refractivity contribution in [3.05, 3.63) is 29.6 Å². The van der Waals surface area contributed by atoms with E-state index in [-0.39, 0.29) is 12.4 Å². The van der Waals surface area contributed by atoms with Crippen LogP contribution in [0.1, 0.15) is 18.9 Å². The summed E-state index contributed by atoms with van der Waals surface area (Å²) in [7, 11) is 0. The van der Waals surface area contributed by atoms with E-state index in [2.05, 4.69) is 0 Å². The Morgan fingerprint density at radius 2 is 2.19 bits per heavy atom. The predicted octanol–water partition coefficient (Wildman–Crippen LogP) is 1.61. The van der Waals surface area contributed by atoms with E-state index in [4.69, 9.17) is 10.5 Å². The first-order chi connectivity index (χ1) is 7.44. The standard InChI is InChI=1S/C12H18FNO2/c1-9-3-4-10(7-11(9)13)16-6-5-12(2,15)8-14/h3-4,7,15H,5-6,8,14H2,1-2H3. The second-order valence-electron chi connectivity index (χ2n) is 4.21. The van der Waals surface area contributed by atoms with Gasteiger partial charge in [0.15, 0.2) is 0 Å². The van der Waals surface area contributed by atoms with Gasteiger partial charge in [-0.1, -0.05) is 6.07 Å². The van der Waals surface area contributed by atoms with E-state index in [1.54, 1.807) is 26.0 Å². The highest BCUT2D eigenvalue weighted by Gasteiger charge is 2.17. The number of aryl methyl sites for hydroxylation is 1. The van der Waals surface area contributed by atoms with Crippen LogP contribution in [0, 0.1) is 12.7 Å². The molecule has 1 aromatic carbocycles. The zero-order valence-corrected chi connectivity index (χ0v) is 9.66. The Hall–Kier alpha value is -1.13. The summed E-state index contributed by atoms with van der Waals surface area (Å²) in [6.45, 7) is 3.83. The molecule has 90 valence electrons. The third-order valence-electron chi connectivity index (χ3n) is 2.49. The van der Waals surface area contributed by atoms with Crippen LogP contribution in [0.2, 0.25) is 0 Å². The second kappa shape index (κ2) is 5.27. The SMILES string of the molecule is Cc1ccc(OCCC(C)(O)CN)cc1F. The molecule has 0 bridgehead atoms. The van der Waals surface area contributed by atoms with Crippen LogP contribution < -0.4 is 10.5 Å². The van der Waals surface area contributed by atoms with Gasteiger partial charge in [-0.15, -0.1) is 0 Å². The van der Waals surface area contributed by atoms with Crippen LogP contribution >= 0.6 is 0 Å². The van der Waals surface area contributed by atoms with Crippen LogP contribution in [0.4, 0.5) is 4.39 Å². The number of halogens is 1. The Bertz CT molecular complexity index is 353. The van der Waals surface area contributed by atoms with E-state index in [1.165, 1.54) is 6.07 Å². The summed E-state index contributed by atoms with van der Waals surface area (Å²) in [5, 5.41) is 9.62. The summed E-state index contributed by atoms with van der Waals surface area (Å²) in [6.07, 6.45) is 0.416. The lowest BCUT2D eigenvalue weighted by atomic mass is 10.0. The molecular weight excluding hydrogens is 209 g/mol. The van der Waals surface area contributed by atoms with Gasteiger partial charge in [-0.3, -0.25) is 0 Å². The average Bonchev–Trinajstić information content (AvgIpc) is 2.23. The van der Waals surface area contributed by atoms with Crippen LogP contribution in [-0.2, 0) is 0 Å². The molecule has 0 aliphatic heterocycles. The van der Waals surface area contributed by atoms with Crippen molar-refractivity contribution in [1.29, 1.82) is 0 Å². The van der Waals surface area contributed by atoms with E-state index >= 15 is 0 Å². The molecule has 0 fully saturated rings. The quantitative estimate of drug-likeness (QED) is 0.803. The van der Waals surface area contributed by atoms with Crippen molar-refractivity contribution >= 4 is 0 Å². The molecule has 1 aromatic rings. The highest BCUT2D eigenvalue weighted by Crippen LogP contribution is 2.17. The minimum absolute atomic E-state index is 0.179. The minimum atomic E-state index is -0.927. The molecule has 0 heterocycles. The molecular formula is C12H18FNO2. The summed E-state index contributed by atoms with van der Waals surface area (Å²) < 4.78 is 18.5. The third kappa shape index (κ3) is 3.79. The van der Waals surface area contributed by atoms with Crippen molar-refractivity contribution in [2.75, 3.05) is 13.2 Å². The molecule has 4 heteroatoms. The first-order valence-electron chi connectivity index (χ1n) is 5.26. The lowest BCUT2D eigenvalue weighted by Gasteiger charge is -2.20. The van der Waals surface area contributed by atoms with Crippen LogP contribution in [0.5, 0.6) is 5.75 Å². The Labute approximate surface area is 95.0 Å². The molecule has 3 nitrogen and oxygen atoms in total. The summed E-state index contributed by atoms with van der Waals surface area (Å²) in [5.74, 6) is 0.180. The highest BCUT2D eigenvalue weighted by molar-refractivity contribution is 5.27. The van der Waals surface area contributed by atoms with Crippen molar-refractivity contribution in [2.45, 2.75) is 25.9 Å². The fraction of sp³-hybridized carbons (Fsp3) is 0.500. The lowest BCUT2D eigenvalue weighted by molar-refractivity contribution is 0.0453. The van der Waals surface area contributed by atoms with E-state index in [0.29, 0.717) is 24.3 Å². The number of hydrogen-bond acceptors (Lipinski definition) is 3. The van der Waals surface area contributed by atoms with Crippen molar-refractivity contribution < 1.29 is 14.2 Å². The van der Waals surface area contributed by atoms with Crippen LogP contribution in [0.3, 0.4) is 0 Å². The highest BCUT2D eigenvalue weighted by atomic mass is 19.1. The Balaban J connectivity index is 2.46. The van der Waals surface area contributed by atoms with Gasteiger partial charge in [-0.25, -0.2) is 4.39 Å². The number of ether oxygens (including phenoxy) is 1. The van der Waals surface area contributed by atoms with Gasteiger partial charge in [0, 0.05) is 19.0 Å². The number of benzene rings is 1. The second-order valence-corrected chi connectivity index (χ2v) is 4.21. The lowest BCUT2D eigenvalue weighted by Crippen LogP contribution is -2.35. The molecule has 0 saturated heterocycles. The molecule has 0 aliphatic carbocycles. The van der Waals surface area contributed by atoms with Gasteiger partial charge >= 0.3 is 0 Å². The Morgan fingerprint density at radius 1 is 1.50 bits per heavy atom. The normalized spacial score (nSPS) is 14.6. The van der Waals surface area contributed by atoms with Crippen molar-refractivity contribution in [1.82, 2.24) is 0 Å². The van der Waals surface area contributed by atoms with Crippen LogP contribution in [0.25, 0.3) is 0 Å². The maximum absolute atomic E-state index is 13.2. The van der Waals surface area contributed by atoms with Gasteiger partial charge < -0.3 is 15.6 Å². The van der Waals surface area contributed by atoms with E-state index in [1.807, 2.05) is 0 Å². The molecule has 0 radical (unpaired) electrons. The van der Waals surface area contributed by atoms with Gasteiger partial charge in [0.1, 0.15) is 11.6 Å². The molecule has 0 amide bonds. The first kappa shape index (κ1) is 12.9. The molecule has 1 unspecified atom stereocenters. The van der Waals surface area contributed by atoms with Crippen LogP contribution in [0.15, 0.2) is 18.2 Å². The van der Waals surface area contributed by atoms with Crippen molar-refractivity contribution in [3.8, 4) is 5.75 Å². The maximum atomic E-state index is 13.2. The fourth-order valence-electron chi connectivity index (χ4n) is 1.15.